The van der Waals surface area contributed by atoms with Crippen LogP contribution in [0.4, 0.5) is 4.79 Å². The number of urea groups is 1. The number of hydrogen-bond donors (Lipinski definition) is 1. The van der Waals surface area contributed by atoms with Gasteiger partial charge in [-0.15, -0.1) is 0 Å². The third kappa shape index (κ3) is 2.68. The minimum Gasteiger partial charge on any atom is -0.480 e. The second-order valence-corrected chi connectivity index (χ2v) is 5.76. The van der Waals surface area contributed by atoms with E-state index in [2.05, 4.69) is 4.90 Å². The van der Waals surface area contributed by atoms with Gasteiger partial charge in [-0.1, -0.05) is 0 Å². The second-order valence-electron chi connectivity index (χ2n) is 5.76. The second kappa shape index (κ2) is 5.36. The lowest BCUT2D eigenvalue weighted by atomic mass is 10.00. The van der Waals surface area contributed by atoms with Crippen molar-refractivity contribution in [2.24, 2.45) is 0 Å². The van der Waals surface area contributed by atoms with Crippen LogP contribution in [0.3, 0.4) is 0 Å². The molecule has 0 radical (unpaired) electrons. The Bertz CT molecular complexity index is 374. The normalized spacial score (nSPS) is 29.4. The van der Waals surface area contributed by atoms with Crippen LogP contribution in [0.15, 0.2) is 0 Å². The number of carboxylic acids is 1. The zero-order valence-corrected chi connectivity index (χ0v) is 11.8. The van der Waals surface area contributed by atoms with E-state index < -0.39 is 11.5 Å². The molecule has 2 fully saturated rings. The van der Waals surface area contributed by atoms with E-state index in [1.165, 1.54) is 0 Å². The summed E-state index contributed by atoms with van der Waals surface area (Å²) in [6, 6.07) is -0.113. The van der Waals surface area contributed by atoms with E-state index in [9.17, 15) is 14.7 Å². The minimum absolute atomic E-state index is 0.113. The Morgan fingerprint density at radius 1 is 1.05 bits per heavy atom. The fraction of sp³-hybridized carbons (Fsp3) is 0.846. The number of carbonyl (C=O) groups is 2. The Hall–Kier alpha value is -1.30. The van der Waals surface area contributed by atoms with E-state index in [4.69, 9.17) is 0 Å². The largest absolute Gasteiger partial charge is 0.480 e. The van der Waals surface area contributed by atoms with Gasteiger partial charge in [-0.05, 0) is 39.8 Å². The molecule has 0 aliphatic carbocycles. The van der Waals surface area contributed by atoms with Crippen LogP contribution in [-0.4, -0.2) is 77.1 Å². The van der Waals surface area contributed by atoms with Gasteiger partial charge < -0.3 is 19.8 Å². The molecule has 2 aliphatic heterocycles. The van der Waals surface area contributed by atoms with Crippen molar-refractivity contribution in [1.82, 2.24) is 14.7 Å². The maximum Gasteiger partial charge on any atom is 0.329 e. The molecule has 2 amide bonds. The number of aliphatic carboxylic acids is 1. The Labute approximate surface area is 114 Å². The molecule has 6 heteroatoms. The Morgan fingerprint density at radius 2 is 1.79 bits per heavy atom. The van der Waals surface area contributed by atoms with Crippen molar-refractivity contribution < 1.29 is 14.7 Å². The van der Waals surface area contributed by atoms with Crippen molar-refractivity contribution in [1.29, 1.82) is 0 Å². The van der Waals surface area contributed by atoms with Gasteiger partial charge in [0.2, 0.25) is 0 Å². The number of hydrogen-bond acceptors (Lipinski definition) is 3. The fourth-order valence-corrected chi connectivity index (χ4v) is 2.90. The highest BCUT2D eigenvalue weighted by molar-refractivity contribution is 5.86. The van der Waals surface area contributed by atoms with Gasteiger partial charge in [0, 0.05) is 26.2 Å². The van der Waals surface area contributed by atoms with E-state index in [0.29, 0.717) is 19.5 Å². The lowest BCUT2D eigenvalue weighted by Crippen LogP contribution is -2.55. The predicted molar refractivity (Wildman–Crippen MR) is 71.1 cm³/mol. The molecule has 6 nitrogen and oxygen atoms in total. The average Bonchev–Trinajstić information content (AvgIpc) is 2.63. The average molecular weight is 269 g/mol. The fourth-order valence-electron chi connectivity index (χ4n) is 2.90. The molecule has 0 aromatic heterocycles. The van der Waals surface area contributed by atoms with Gasteiger partial charge in [0.1, 0.15) is 5.54 Å². The molecule has 19 heavy (non-hydrogen) atoms. The molecule has 2 saturated heterocycles. The maximum atomic E-state index is 12.5. The smallest absolute Gasteiger partial charge is 0.329 e. The maximum absolute atomic E-state index is 12.5. The van der Waals surface area contributed by atoms with Crippen molar-refractivity contribution in [3.8, 4) is 0 Å². The highest BCUT2D eigenvalue weighted by Gasteiger charge is 2.47. The van der Waals surface area contributed by atoms with Crippen LogP contribution in [-0.2, 0) is 4.79 Å². The van der Waals surface area contributed by atoms with Gasteiger partial charge in [0.15, 0.2) is 0 Å². The van der Waals surface area contributed by atoms with Crippen molar-refractivity contribution >= 4 is 12.0 Å². The summed E-state index contributed by atoms with van der Waals surface area (Å²) >= 11 is 0. The van der Waals surface area contributed by atoms with Crippen LogP contribution in [0.1, 0.15) is 26.2 Å². The molecular formula is C13H23N3O3. The summed E-state index contributed by atoms with van der Waals surface area (Å²) in [7, 11) is 2.05. The number of carboxylic acid groups (broad SMARTS) is 1. The van der Waals surface area contributed by atoms with Crippen LogP contribution >= 0.6 is 0 Å². The van der Waals surface area contributed by atoms with E-state index in [-0.39, 0.29) is 6.03 Å². The van der Waals surface area contributed by atoms with Crippen LogP contribution in [0, 0.1) is 0 Å². The van der Waals surface area contributed by atoms with Crippen molar-refractivity contribution in [2.45, 2.75) is 31.7 Å². The molecule has 2 aliphatic rings. The number of amides is 2. The molecule has 0 saturated carbocycles. The summed E-state index contributed by atoms with van der Waals surface area (Å²) in [6.45, 7) is 5.44. The molecule has 0 aromatic carbocycles. The zero-order chi connectivity index (χ0) is 14.0. The van der Waals surface area contributed by atoms with Gasteiger partial charge in [-0.2, -0.15) is 0 Å². The molecular weight excluding hydrogens is 246 g/mol. The molecule has 2 rings (SSSR count). The summed E-state index contributed by atoms with van der Waals surface area (Å²) in [5.74, 6) is -0.898. The standard InChI is InChI=1S/C13H23N3O3/c1-13(11(17)18)5-3-8-16(13)12(19)15-7-4-6-14(2)9-10-15/h3-10H2,1-2H3,(H,17,18). The first-order valence-electron chi connectivity index (χ1n) is 6.93. The van der Waals surface area contributed by atoms with E-state index in [1.54, 1.807) is 16.7 Å². The van der Waals surface area contributed by atoms with Gasteiger partial charge >= 0.3 is 12.0 Å². The monoisotopic (exact) mass is 269 g/mol. The highest BCUT2D eigenvalue weighted by Crippen LogP contribution is 2.30. The van der Waals surface area contributed by atoms with E-state index >= 15 is 0 Å². The molecule has 2 heterocycles. The van der Waals surface area contributed by atoms with Gasteiger partial charge in [0.05, 0.1) is 0 Å². The molecule has 0 bridgehead atoms. The molecule has 0 aromatic rings. The molecule has 1 N–H and O–H groups in total. The summed E-state index contributed by atoms with van der Waals surface area (Å²) in [6.07, 6.45) is 2.25. The minimum atomic E-state index is -1.03. The first kappa shape index (κ1) is 14.1. The number of nitrogens with zero attached hydrogens (tertiary/aromatic N) is 3. The van der Waals surface area contributed by atoms with Crippen molar-refractivity contribution in [3.05, 3.63) is 0 Å². The summed E-state index contributed by atoms with van der Waals surface area (Å²) < 4.78 is 0. The third-order valence-electron chi connectivity index (χ3n) is 4.32. The van der Waals surface area contributed by atoms with Crippen molar-refractivity contribution in [3.63, 3.8) is 0 Å². The lowest BCUT2D eigenvalue weighted by molar-refractivity contribution is -0.147. The van der Waals surface area contributed by atoms with Crippen LogP contribution in [0.25, 0.3) is 0 Å². The Balaban J connectivity index is 2.08. The number of rotatable bonds is 1. The van der Waals surface area contributed by atoms with Gasteiger partial charge in [-0.25, -0.2) is 9.59 Å². The Morgan fingerprint density at radius 3 is 2.47 bits per heavy atom. The van der Waals surface area contributed by atoms with Crippen LogP contribution < -0.4 is 0 Å². The molecule has 1 atom stereocenters. The summed E-state index contributed by atoms with van der Waals surface area (Å²) in [5.41, 5.74) is -1.03. The van der Waals surface area contributed by atoms with Gasteiger partial charge in [-0.3, -0.25) is 0 Å². The summed E-state index contributed by atoms with van der Waals surface area (Å²) in [4.78, 5) is 29.5. The molecule has 108 valence electrons. The number of likely N-dealkylation sites (N-methyl/N-ethyl adjacent to an activating group) is 1. The number of likely N-dealkylation sites (tertiary alicyclic amines) is 1. The first-order valence-corrected chi connectivity index (χ1v) is 6.93. The van der Waals surface area contributed by atoms with Crippen molar-refractivity contribution in [2.75, 3.05) is 39.8 Å². The predicted octanol–water partition coefficient (Wildman–Crippen LogP) is 0.683. The van der Waals surface area contributed by atoms with E-state index in [0.717, 1.165) is 32.5 Å². The van der Waals surface area contributed by atoms with E-state index in [1.807, 2.05) is 7.05 Å². The SMILES string of the molecule is CN1CCCN(C(=O)N2CCCC2(C)C(=O)O)CC1. The number of carbonyl (C=O) groups excluding carboxylic acids is 1. The quantitative estimate of drug-likeness (QED) is 0.760. The Kier molecular flexibility index (Phi) is 3.99. The topological polar surface area (TPSA) is 64.1 Å². The zero-order valence-electron chi connectivity index (χ0n) is 11.8. The molecule has 0 spiro atoms. The first-order chi connectivity index (χ1) is 8.95. The third-order valence-corrected chi connectivity index (χ3v) is 4.32. The van der Waals surface area contributed by atoms with Crippen LogP contribution in [0.5, 0.6) is 0 Å². The lowest BCUT2D eigenvalue weighted by Gasteiger charge is -2.35. The summed E-state index contributed by atoms with van der Waals surface area (Å²) in [5, 5.41) is 9.37. The van der Waals surface area contributed by atoms with Gasteiger partial charge in [0.25, 0.3) is 0 Å². The highest BCUT2D eigenvalue weighted by atomic mass is 16.4. The van der Waals surface area contributed by atoms with Crippen LogP contribution in [0.2, 0.25) is 0 Å². The molecule has 1 unspecified atom stereocenters.